The van der Waals surface area contributed by atoms with Gasteiger partial charge in [0.2, 0.25) is 0 Å². The van der Waals surface area contributed by atoms with E-state index in [9.17, 15) is 0 Å². The average Bonchev–Trinajstić information content (AvgIpc) is 2.93. The summed E-state index contributed by atoms with van der Waals surface area (Å²) in [5.41, 5.74) is 10.1. The number of rotatable bonds is 4. The third-order valence-electron chi connectivity index (χ3n) is 6.37. The summed E-state index contributed by atoms with van der Waals surface area (Å²) in [6, 6.07) is 44.6. The summed E-state index contributed by atoms with van der Waals surface area (Å²) >= 11 is 0. The van der Waals surface area contributed by atoms with Crippen LogP contribution in [0.15, 0.2) is 127 Å². The molecule has 0 radical (unpaired) electrons. The molecule has 0 bridgehead atoms. The predicted molar refractivity (Wildman–Crippen MR) is 146 cm³/mol. The van der Waals surface area contributed by atoms with Crippen molar-refractivity contribution in [2.75, 3.05) is 0 Å². The highest BCUT2D eigenvalue weighted by atomic mass is 14.9. The molecule has 2 heteroatoms. The van der Waals surface area contributed by atoms with Crippen molar-refractivity contribution in [3.8, 4) is 44.6 Å². The van der Waals surface area contributed by atoms with E-state index < -0.39 is 0 Å². The number of aromatic nitrogens is 2. The molecule has 2 nitrogen and oxygen atoms in total. The Kier molecular flexibility index (Phi) is 5.40. The lowest BCUT2D eigenvalue weighted by atomic mass is 9.89. The van der Waals surface area contributed by atoms with Crippen molar-refractivity contribution < 1.29 is 0 Å². The molecule has 0 saturated carbocycles. The van der Waals surface area contributed by atoms with E-state index in [1.54, 1.807) is 0 Å². The molecule has 0 aliphatic rings. The first kappa shape index (κ1) is 21.0. The molecule has 0 amide bonds. The van der Waals surface area contributed by atoms with E-state index >= 15 is 0 Å². The number of benzene rings is 5. The first-order valence-corrected chi connectivity index (χ1v) is 11.9. The molecule has 0 aliphatic heterocycles. The monoisotopic (exact) mass is 448 g/mol. The standard InChI is InChI=1S/C33H24N2/c1-23-34-31-22-27(29-20-12-11-19-28(29)24-13-5-2-6-14-24)21-30(25-15-7-3-8-16-25)32(31)33(35-23)26-17-9-4-10-18-26/h2-22H,1H3. The van der Waals surface area contributed by atoms with Gasteiger partial charge >= 0.3 is 0 Å². The number of fused-ring (bicyclic) bond motifs is 1. The van der Waals surface area contributed by atoms with Crippen molar-refractivity contribution in [2.45, 2.75) is 6.92 Å². The van der Waals surface area contributed by atoms with Gasteiger partial charge in [0.05, 0.1) is 11.2 Å². The fourth-order valence-electron chi connectivity index (χ4n) is 4.79. The van der Waals surface area contributed by atoms with E-state index in [-0.39, 0.29) is 0 Å². The molecule has 6 rings (SSSR count). The molecule has 0 spiro atoms. The van der Waals surface area contributed by atoms with Crippen LogP contribution in [0.2, 0.25) is 0 Å². The van der Waals surface area contributed by atoms with Crippen molar-refractivity contribution in [1.82, 2.24) is 9.97 Å². The van der Waals surface area contributed by atoms with Gasteiger partial charge in [-0.15, -0.1) is 0 Å². The highest BCUT2D eigenvalue weighted by Crippen LogP contribution is 2.40. The topological polar surface area (TPSA) is 25.8 Å². The average molecular weight is 449 g/mol. The SMILES string of the molecule is Cc1nc(-c2ccccc2)c2c(-c3ccccc3)cc(-c3ccccc3-c3ccccc3)cc2n1. The maximum absolute atomic E-state index is 4.93. The molecule has 0 N–H and O–H groups in total. The molecule has 166 valence electrons. The lowest BCUT2D eigenvalue weighted by Gasteiger charge is -2.16. The van der Waals surface area contributed by atoms with E-state index in [2.05, 4.69) is 121 Å². The van der Waals surface area contributed by atoms with Crippen LogP contribution in [-0.2, 0) is 0 Å². The zero-order valence-electron chi connectivity index (χ0n) is 19.5. The van der Waals surface area contributed by atoms with Gasteiger partial charge in [0, 0.05) is 10.9 Å². The van der Waals surface area contributed by atoms with Crippen LogP contribution in [0.4, 0.5) is 0 Å². The minimum Gasteiger partial charge on any atom is -0.233 e. The van der Waals surface area contributed by atoms with Crippen molar-refractivity contribution in [1.29, 1.82) is 0 Å². The molecule has 6 aromatic rings. The number of hydrogen-bond acceptors (Lipinski definition) is 2. The smallest absolute Gasteiger partial charge is 0.126 e. The van der Waals surface area contributed by atoms with Gasteiger partial charge in [0.1, 0.15) is 5.82 Å². The molecule has 0 aliphatic carbocycles. The summed E-state index contributed by atoms with van der Waals surface area (Å²) in [6.07, 6.45) is 0. The Hall–Kier alpha value is -4.56. The molecule has 5 aromatic carbocycles. The Morgan fingerprint density at radius 1 is 0.429 bits per heavy atom. The van der Waals surface area contributed by atoms with Crippen molar-refractivity contribution >= 4 is 10.9 Å². The number of aryl methyl sites for hydroxylation is 1. The van der Waals surface area contributed by atoms with Gasteiger partial charge in [0.25, 0.3) is 0 Å². The highest BCUT2D eigenvalue weighted by molar-refractivity contribution is 6.06. The van der Waals surface area contributed by atoms with Crippen LogP contribution in [0, 0.1) is 6.92 Å². The van der Waals surface area contributed by atoms with Gasteiger partial charge in [-0.1, -0.05) is 115 Å². The molecule has 1 aromatic heterocycles. The normalized spacial score (nSPS) is 11.0. The third-order valence-corrected chi connectivity index (χ3v) is 6.37. The predicted octanol–water partition coefficient (Wildman–Crippen LogP) is 8.61. The third kappa shape index (κ3) is 4.00. The lowest BCUT2D eigenvalue weighted by molar-refractivity contribution is 1.10. The molecular weight excluding hydrogens is 424 g/mol. The van der Waals surface area contributed by atoms with Crippen LogP contribution in [0.1, 0.15) is 5.82 Å². The molecule has 0 unspecified atom stereocenters. The minimum absolute atomic E-state index is 0.767. The fraction of sp³-hybridized carbons (Fsp3) is 0.0303. The molecule has 0 fully saturated rings. The van der Waals surface area contributed by atoms with Crippen molar-refractivity contribution in [3.63, 3.8) is 0 Å². The van der Waals surface area contributed by atoms with Crippen LogP contribution in [-0.4, -0.2) is 9.97 Å². The Morgan fingerprint density at radius 3 is 1.51 bits per heavy atom. The molecule has 35 heavy (non-hydrogen) atoms. The molecular formula is C33H24N2. The largest absolute Gasteiger partial charge is 0.233 e. The van der Waals surface area contributed by atoms with Gasteiger partial charge in [0.15, 0.2) is 0 Å². The first-order chi connectivity index (χ1) is 17.3. The zero-order chi connectivity index (χ0) is 23.6. The van der Waals surface area contributed by atoms with Gasteiger partial charge in [-0.05, 0) is 52.4 Å². The van der Waals surface area contributed by atoms with E-state index in [1.807, 2.05) is 13.0 Å². The summed E-state index contributed by atoms with van der Waals surface area (Å²) in [7, 11) is 0. The summed E-state index contributed by atoms with van der Waals surface area (Å²) in [5, 5.41) is 1.08. The summed E-state index contributed by atoms with van der Waals surface area (Å²) in [6.45, 7) is 1.97. The first-order valence-electron chi connectivity index (χ1n) is 11.9. The quantitative estimate of drug-likeness (QED) is 0.270. The van der Waals surface area contributed by atoms with Crippen LogP contribution in [0.5, 0.6) is 0 Å². The summed E-state index contributed by atoms with van der Waals surface area (Å²) < 4.78 is 0. The van der Waals surface area contributed by atoms with Gasteiger partial charge < -0.3 is 0 Å². The number of hydrogen-bond donors (Lipinski definition) is 0. The second-order valence-corrected chi connectivity index (χ2v) is 8.68. The van der Waals surface area contributed by atoms with Crippen LogP contribution >= 0.6 is 0 Å². The van der Waals surface area contributed by atoms with Crippen LogP contribution in [0.3, 0.4) is 0 Å². The van der Waals surface area contributed by atoms with Gasteiger partial charge in [-0.2, -0.15) is 0 Å². The maximum atomic E-state index is 4.93. The van der Waals surface area contributed by atoms with Crippen LogP contribution in [0.25, 0.3) is 55.5 Å². The molecule has 1 heterocycles. The Labute approximate surface area is 205 Å². The van der Waals surface area contributed by atoms with E-state index in [4.69, 9.17) is 9.97 Å². The highest BCUT2D eigenvalue weighted by Gasteiger charge is 2.17. The minimum atomic E-state index is 0.767. The van der Waals surface area contributed by atoms with Gasteiger partial charge in [-0.3, -0.25) is 0 Å². The fourth-order valence-corrected chi connectivity index (χ4v) is 4.79. The second-order valence-electron chi connectivity index (χ2n) is 8.68. The molecule has 0 saturated heterocycles. The van der Waals surface area contributed by atoms with Crippen molar-refractivity contribution in [2.24, 2.45) is 0 Å². The van der Waals surface area contributed by atoms with E-state index in [1.165, 1.54) is 16.7 Å². The summed E-state index contributed by atoms with van der Waals surface area (Å²) in [5.74, 6) is 0.767. The van der Waals surface area contributed by atoms with Crippen molar-refractivity contribution in [3.05, 3.63) is 133 Å². The zero-order valence-corrected chi connectivity index (χ0v) is 19.5. The van der Waals surface area contributed by atoms with Gasteiger partial charge in [-0.25, -0.2) is 9.97 Å². The maximum Gasteiger partial charge on any atom is 0.126 e. The van der Waals surface area contributed by atoms with E-state index in [0.717, 1.165) is 44.7 Å². The Morgan fingerprint density at radius 2 is 0.914 bits per heavy atom. The Balaban J connectivity index is 1.69. The molecule has 0 atom stereocenters. The second kappa shape index (κ2) is 9.00. The Bertz CT molecular complexity index is 1620. The summed E-state index contributed by atoms with van der Waals surface area (Å²) in [4.78, 5) is 9.84. The van der Waals surface area contributed by atoms with E-state index in [0.29, 0.717) is 0 Å². The lowest BCUT2D eigenvalue weighted by Crippen LogP contribution is -1.97. The number of nitrogens with zero attached hydrogens (tertiary/aromatic N) is 2. The van der Waals surface area contributed by atoms with Crippen LogP contribution < -0.4 is 0 Å².